The quantitative estimate of drug-likeness (QED) is 0.241. The number of anilines is 1. The maximum Gasteiger partial charge on any atom is 0.309 e. The molecule has 234 valence electrons. The lowest BCUT2D eigenvalue weighted by atomic mass is 9.82. The SMILES string of the molecule is CCc1cc(Cl)cc(CC)c1NC(=O)CN1C[C@H](c2cc3c(cc2F)OCO3)[C@@H](C(=O)O)[C@@H]1c1ccc(OCC(C)C)cc1. The summed E-state index contributed by atoms with van der Waals surface area (Å²) >= 11 is 6.32. The molecule has 0 spiro atoms. The van der Waals surface area contributed by atoms with Crippen LogP contribution in [0.3, 0.4) is 0 Å². The molecule has 2 heterocycles. The molecule has 1 fully saturated rings. The maximum absolute atomic E-state index is 15.5. The molecule has 3 aromatic carbocycles. The van der Waals surface area contributed by atoms with Crippen LogP contribution in [0.1, 0.15) is 61.9 Å². The number of hydrogen-bond acceptors (Lipinski definition) is 6. The number of carbonyl (C=O) groups excluding carboxylic acids is 1. The third kappa shape index (κ3) is 6.64. The Morgan fingerprint density at radius 2 is 1.70 bits per heavy atom. The van der Waals surface area contributed by atoms with E-state index >= 15 is 4.39 Å². The van der Waals surface area contributed by atoms with Crippen molar-refractivity contribution < 1.29 is 33.3 Å². The van der Waals surface area contributed by atoms with Gasteiger partial charge >= 0.3 is 5.97 Å². The second kappa shape index (κ2) is 13.4. The van der Waals surface area contributed by atoms with E-state index in [0.29, 0.717) is 47.5 Å². The monoisotopic (exact) mass is 624 g/mol. The average Bonchev–Trinajstić information content (AvgIpc) is 3.60. The number of benzene rings is 3. The summed E-state index contributed by atoms with van der Waals surface area (Å²) in [4.78, 5) is 28.4. The molecular weight excluding hydrogens is 587 g/mol. The highest BCUT2D eigenvalue weighted by Gasteiger charge is 2.49. The molecule has 44 heavy (non-hydrogen) atoms. The Morgan fingerprint density at radius 3 is 2.30 bits per heavy atom. The van der Waals surface area contributed by atoms with E-state index in [1.165, 1.54) is 12.1 Å². The van der Waals surface area contributed by atoms with Crippen molar-refractivity contribution in [1.29, 1.82) is 0 Å². The average molecular weight is 625 g/mol. The van der Waals surface area contributed by atoms with Crippen LogP contribution >= 0.6 is 11.6 Å². The second-order valence-electron chi connectivity index (χ2n) is 11.7. The number of halogens is 2. The molecule has 3 aromatic rings. The van der Waals surface area contributed by atoms with Gasteiger partial charge in [0, 0.05) is 35.3 Å². The summed E-state index contributed by atoms with van der Waals surface area (Å²) in [6, 6.07) is 13.0. The minimum Gasteiger partial charge on any atom is -0.493 e. The summed E-state index contributed by atoms with van der Waals surface area (Å²) in [5.74, 6) is -2.11. The molecule has 2 aliphatic heterocycles. The smallest absolute Gasteiger partial charge is 0.309 e. The first-order chi connectivity index (χ1) is 21.1. The van der Waals surface area contributed by atoms with Crippen molar-refractivity contribution in [2.24, 2.45) is 11.8 Å². The summed E-state index contributed by atoms with van der Waals surface area (Å²) in [6.07, 6.45) is 1.35. The van der Waals surface area contributed by atoms with Crippen molar-refractivity contribution in [2.45, 2.75) is 52.5 Å². The van der Waals surface area contributed by atoms with Gasteiger partial charge in [-0.15, -0.1) is 0 Å². The van der Waals surface area contributed by atoms with Crippen molar-refractivity contribution in [1.82, 2.24) is 4.90 Å². The molecule has 0 radical (unpaired) electrons. The number of likely N-dealkylation sites (tertiary alicyclic amines) is 1. The number of ether oxygens (including phenoxy) is 3. The summed E-state index contributed by atoms with van der Waals surface area (Å²) in [6.45, 7) is 8.65. The molecular formula is C34H38ClFN2O6. The number of carbonyl (C=O) groups is 2. The Labute approximate surface area is 262 Å². The second-order valence-corrected chi connectivity index (χ2v) is 12.1. The molecule has 5 rings (SSSR count). The third-order valence-electron chi connectivity index (χ3n) is 8.22. The first-order valence-corrected chi connectivity index (χ1v) is 15.4. The van der Waals surface area contributed by atoms with E-state index in [-0.39, 0.29) is 37.1 Å². The number of rotatable bonds is 11. The first kappa shape index (κ1) is 31.6. The van der Waals surface area contributed by atoms with Crippen LogP contribution in [0, 0.1) is 17.7 Å². The van der Waals surface area contributed by atoms with Gasteiger partial charge in [0.1, 0.15) is 11.6 Å². The normalized spacial score (nSPS) is 19.4. The van der Waals surface area contributed by atoms with E-state index in [1.54, 1.807) is 12.1 Å². The van der Waals surface area contributed by atoms with Crippen LogP contribution in [0.5, 0.6) is 17.2 Å². The van der Waals surface area contributed by atoms with Crippen molar-refractivity contribution in [3.8, 4) is 17.2 Å². The number of nitrogens with zero attached hydrogens (tertiary/aromatic N) is 1. The van der Waals surface area contributed by atoms with Crippen LogP contribution in [0.15, 0.2) is 48.5 Å². The molecule has 0 unspecified atom stereocenters. The number of nitrogens with one attached hydrogen (secondary N) is 1. The summed E-state index contributed by atoms with van der Waals surface area (Å²) in [5, 5.41) is 14.2. The number of aliphatic carboxylic acids is 1. The van der Waals surface area contributed by atoms with Crippen molar-refractivity contribution in [2.75, 3.05) is 31.8 Å². The number of hydrogen-bond donors (Lipinski definition) is 2. The van der Waals surface area contributed by atoms with Gasteiger partial charge in [-0.05, 0) is 71.3 Å². The Kier molecular flexibility index (Phi) is 9.65. The van der Waals surface area contributed by atoms with Crippen LogP contribution in [0.4, 0.5) is 10.1 Å². The standard InChI is InChI=1S/C34H38ClFN2O6/c1-5-20-11-23(35)12-21(6-2)32(20)37-30(39)16-38-15-26(25-13-28-29(14-27(25)36)44-18-43-28)31(34(40)41)33(38)22-7-9-24(10-8-22)42-17-19(3)4/h7-14,19,26,31,33H,5-6,15-18H2,1-4H3,(H,37,39)(H,40,41)/t26-,31-,33+/m1/s1. The molecule has 1 saturated heterocycles. The molecule has 2 aliphatic rings. The minimum absolute atomic E-state index is 0.0321. The molecule has 0 saturated carbocycles. The molecule has 8 nitrogen and oxygen atoms in total. The van der Waals surface area contributed by atoms with E-state index in [9.17, 15) is 14.7 Å². The highest BCUT2D eigenvalue weighted by atomic mass is 35.5. The Morgan fingerprint density at radius 1 is 1.07 bits per heavy atom. The largest absolute Gasteiger partial charge is 0.493 e. The van der Waals surface area contributed by atoms with Gasteiger partial charge in [-0.1, -0.05) is 51.4 Å². The van der Waals surface area contributed by atoms with Crippen LogP contribution < -0.4 is 19.5 Å². The minimum atomic E-state index is -1.08. The number of carboxylic acids is 1. The van der Waals surface area contributed by atoms with E-state index < -0.39 is 29.7 Å². The molecule has 0 aliphatic carbocycles. The lowest BCUT2D eigenvalue weighted by Crippen LogP contribution is -2.35. The van der Waals surface area contributed by atoms with Gasteiger partial charge in [-0.2, -0.15) is 0 Å². The summed E-state index contributed by atoms with van der Waals surface area (Å²) in [7, 11) is 0. The van der Waals surface area contributed by atoms with E-state index in [1.807, 2.05) is 43.0 Å². The van der Waals surface area contributed by atoms with Crippen LogP contribution in [0.25, 0.3) is 0 Å². The van der Waals surface area contributed by atoms with Gasteiger partial charge in [-0.3, -0.25) is 14.5 Å². The Hall–Kier alpha value is -3.82. The molecule has 0 aromatic heterocycles. The van der Waals surface area contributed by atoms with E-state index in [0.717, 1.165) is 16.8 Å². The van der Waals surface area contributed by atoms with Crippen LogP contribution in [-0.2, 0) is 22.4 Å². The topological polar surface area (TPSA) is 97.3 Å². The fraction of sp³-hybridized carbons (Fsp3) is 0.412. The predicted octanol–water partition coefficient (Wildman–Crippen LogP) is 6.85. The number of amides is 1. The molecule has 10 heteroatoms. The van der Waals surface area contributed by atoms with Gasteiger partial charge in [0.25, 0.3) is 0 Å². The maximum atomic E-state index is 15.5. The Balaban J connectivity index is 1.50. The van der Waals surface area contributed by atoms with Gasteiger partial charge in [0.2, 0.25) is 12.7 Å². The van der Waals surface area contributed by atoms with Gasteiger partial charge < -0.3 is 24.6 Å². The van der Waals surface area contributed by atoms with E-state index in [4.69, 9.17) is 25.8 Å². The van der Waals surface area contributed by atoms with Crippen LogP contribution in [-0.4, -0.2) is 48.4 Å². The molecule has 0 bridgehead atoms. The molecule has 1 amide bonds. The zero-order valence-electron chi connectivity index (χ0n) is 25.4. The highest BCUT2D eigenvalue weighted by molar-refractivity contribution is 6.30. The van der Waals surface area contributed by atoms with Gasteiger partial charge in [0.15, 0.2) is 11.5 Å². The van der Waals surface area contributed by atoms with Gasteiger partial charge in [0.05, 0.1) is 19.1 Å². The van der Waals surface area contributed by atoms with Crippen molar-refractivity contribution in [3.63, 3.8) is 0 Å². The number of fused-ring (bicyclic) bond motifs is 1. The molecule has 2 N–H and O–H groups in total. The fourth-order valence-electron chi connectivity index (χ4n) is 6.15. The lowest BCUT2D eigenvalue weighted by Gasteiger charge is -2.27. The first-order valence-electron chi connectivity index (χ1n) is 15.0. The van der Waals surface area contributed by atoms with Crippen molar-refractivity contribution >= 4 is 29.2 Å². The summed E-state index contributed by atoms with van der Waals surface area (Å²) in [5.41, 5.74) is 3.47. The number of aryl methyl sites for hydroxylation is 2. The predicted molar refractivity (Wildman–Crippen MR) is 166 cm³/mol. The lowest BCUT2D eigenvalue weighted by molar-refractivity contribution is -0.143. The van der Waals surface area contributed by atoms with Gasteiger partial charge in [-0.25, -0.2) is 4.39 Å². The zero-order valence-corrected chi connectivity index (χ0v) is 26.1. The van der Waals surface area contributed by atoms with Crippen LogP contribution in [0.2, 0.25) is 5.02 Å². The highest BCUT2D eigenvalue weighted by Crippen LogP contribution is 2.48. The Bertz CT molecular complexity index is 1500. The summed E-state index contributed by atoms with van der Waals surface area (Å²) < 4.78 is 32.1. The molecule has 3 atom stereocenters. The zero-order chi connectivity index (χ0) is 31.5. The van der Waals surface area contributed by atoms with E-state index in [2.05, 4.69) is 19.2 Å². The van der Waals surface area contributed by atoms with Crippen molar-refractivity contribution in [3.05, 3.63) is 81.6 Å². The fourth-order valence-corrected chi connectivity index (χ4v) is 6.42. The number of carboxylic acid groups (broad SMARTS) is 1. The third-order valence-corrected chi connectivity index (χ3v) is 8.44.